The summed E-state index contributed by atoms with van der Waals surface area (Å²) in [5, 5.41) is 13.1. The molecule has 2 rings (SSSR count). The van der Waals surface area contributed by atoms with Gasteiger partial charge in [-0.3, -0.25) is 4.68 Å². The van der Waals surface area contributed by atoms with Gasteiger partial charge in [-0.25, -0.2) is 0 Å². The number of nitrogens with two attached hydrogens (primary N) is 1. The molecule has 0 radical (unpaired) electrons. The summed E-state index contributed by atoms with van der Waals surface area (Å²) in [5.41, 5.74) is 9.18. The Morgan fingerprint density at radius 3 is 2.53 bits per heavy atom. The number of rotatable bonds is 2. The molecule has 1 heterocycles. The van der Waals surface area contributed by atoms with Crippen molar-refractivity contribution in [2.75, 3.05) is 0 Å². The van der Waals surface area contributed by atoms with Gasteiger partial charge >= 0.3 is 0 Å². The first-order valence-corrected chi connectivity index (χ1v) is 4.97. The Kier molecular flexibility index (Phi) is 4.27. The highest BCUT2D eigenvalue weighted by Gasteiger charge is 2.08. The van der Waals surface area contributed by atoms with Crippen molar-refractivity contribution in [2.24, 2.45) is 12.8 Å². The predicted octanol–water partition coefficient (Wildman–Crippen LogP) is 1.84. The Morgan fingerprint density at radius 1 is 1.35 bits per heavy atom. The molecular weight excluding hydrogens is 236 g/mol. The van der Waals surface area contributed by atoms with Crippen LogP contribution >= 0.6 is 12.4 Å². The lowest BCUT2D eigenvalue weighted by Crippen LogP contribution is -1.96. The summed E-state index contributed by atoms with van der Waals surface area (Å²) in [6.07, 6.45) is 1.91. The molecule has 0 atom stereocenters. The number of hydrogen-bond acceptors (Lipinski definition) is 3. The molecule has 4 nitrogen and oxygen atoms in total. The van der Waals surface area contributed by atoms with Crippen LogP contribution < -0.4 is 5.73 Å². The van der Waals surface area contributed by atoms with Crippen LogP contribution in [0, 0.1) is 11.3 Å². The zero-order valence-electron chi connectivity index (χ0n) is 9.42. The van der Waals surface area contributed by atoms with Crippen LogP contribution in [0.5, 0.6) is 0 Å². The fourth-order valence-electron chi connectivity index (χ4n) is 1.63. The molecule has 0 saturated carbocycles. The average molecular weight is 249 g/mol. The normalized spacial score (nSPS) is 9.47. The van der Waals surface area contributed by atoms with Crippen molar-refractivity contribution >= 4 is 12.4 Å². The molecule has 1 aromatic carbocycles. The summed E-state index contributed by atoms with van der Waals surface area (Å²) >= 11 is 0. The molecule has 0 bridgehead atoms. The topological polar surface area (TPSA) is 67.6 Å². The van der Waals surface area contributed by atoms with Gasteiger partial charge in [-0.2, -0.15) is 10.4 Å². The number of nitriles is 1. The minimum Gasteiger partial charge on any atom is -0.326 e. The third-order valence-corrected chi connectivity index (χ3v) is 2.41. The summed E-state index contributed by atoms with van der Waals surface area (Å²) < 4.78 is 1.75. The second kappa shape index (κ2) is 5.48. The second-order valence-corrected chi connectivity index (χ2v) is 3.57. The monoisotopic (exact) mass is 248 g/mol. The van der Waals surface area contributed by atoms with Crippen molar-refractivity contribution in [2.45, 2.75) is 6.54 Å². The molecule has 0 saturated heterocycles. The summed E-state index contributed by atoms with van der Waals surface area (Å²) in [4.78, 5) is 0. The van der Waals surface area contributed by atoms with Crippen LogP contribution in [0.15, 0.2) is 30.5 Å². The van der Waals surface area contributed by atoms with E-state index < -0.39 is 0 Å². The maximum absolute atomic E-state index is 8.71. The second-order valence-electron chi connectivity index (χ2n) is 3.57. The lowest BCUT2D eigenvalue weighted by Gasteiger charge is -1.99. The molecule has 0 aliphatic carbocycles. The van der Waals surface area contributed by atoms with Crippen LogP contribution in [0.3, 0.4) is 0 Å². The Balaban J connectivity index is 0.00000144. The molecule has 0 fully saturated rings. The van der Waals surface area contributed by atoms with Crippen molar-refractivity contribution in [3.05, 3.63) is 41.6 Å². The summed E-state index contributed by atoms with van der Waals surface area (Å²) in [5.74, 6) is 0. The van der Waals surface area contributed by atoms with Gasteiger partial charge in [0.05, 0.1) is 17.3 Å². The van der Waals surface area contributed by atoms with E-state index in [1.54, 1.807) is 16.8 Å². The van der Waals surface area contributed by atoms with Gasteiger partial charge in [0, 0.05) is 30.9 Å². The Labute approximate surface area is 106 Å². The minimum absolute atomic E-state index is 0. The smallest absolute Gasteiger partial charge is 0.0991 e. The van der Waals surface area contributed by atoms with Gasteiger partial charge in [0.15, 0.2) is 0 Å². The molecule has 0 aliphatic rings. The van der Waals surface area contributed by atoms with Crippen LogP contribution in [0.2, 0.25) is 0 Å². The number of benzene rings is 1. The Bertz CT molecular complexity index is 537. The van der Waals surface area contributed by atoms with Crippen LogP contribution in [-0.2, 0) is 13.6 Å². The van der Waals surface area contributed by atoms with Gasteiger partial charge in [-0.15, -0.1) is 12.4 Å². The van der Waals surface area contributed by atoms with E-state index >= 15 is 0 Å². The highest BCUT2D eigenvalue weighted by atomic mass is 35.5. The zero-order chi connectivity index (χ0) is 11.5. The standard InChI is InChI=1S/C12H12N4.ClH/c1-16-8-11(7-14)12(15-16)10-4-2-9(6-13)3-5-10;/h2-5,8H,7,14H2,1H3;1H. The van der Waals surface area contributed by atoms with E-state index in [0.717, 1.165) is 16.8 Å². The third-order valence-electron chi connectivity index (χ3n) is 2.41. The predicted molar refractivity (Wildman–Crippen MR) is 68.5 cm³/mol. The summed E-state index contributed by atoms with van der Waals surface area (Å²) in [6.45, 7) is 0.461. The van der Waals surface area contributed by atoms with Crippen molar-refractivity contribution in [1.29, 1.82) is 5.26 Å². The van der Waals surface area contributed by atoms with E-state index in [-0.39, 0.29) is 12.4 Å². The Hall–Kier alpha value is -1.83. The quantitative estimate of drug-likeness (QED) is 0.882. The molecule has 0 amide bonds. The maximum atomic E-state index is 8.71. The lowest BCUT2D eigenvalue weighted by atomic mass is 10.1. The van der Waals surface area contributed by atoms with E-state index in [1.165, 1.54) is 0 Å². The van der Waals surface area contributed by atoms with Gasteiger partial charge in [-0.1, -0.05) is 12.1 Å². The first kappa shape index (κ1) is 13.2. The third kappa shape index (κ3) is 2.64. The summed E-state index contributed by atoms with van der Waals surface area (Å²) in [6, 6.07) is 9.43. The van der Waals surface area contributed by atoms with E-state index in [4.69, 9.17) is 11.0 Å². The molecular formula is C12H13ClN4. The molecule has 1 aromatic heterocycles. The van der Waals surface area contributed by atoms with Gasteiger partial charge < -0.3 is 5.73 Å². The molecule has 5 heteroatoms. The van der Waals surface area contributed by atoms with Crippen LogP contribution in [0.25, 0.3) is 11.3 Å². The molecule has 88 valence electrons. The molecule has 0 aliphatic heterocycles. The number of aromatic nitrogens is 2. The average Bonchev–Trinajstić information content (AvgIpc) is 2.70. The van der Waals surface area contributed by atoms with Crippen molar-refractivity contribution in [3.63, 3.8) is 0 Å². The fourth-order valence-corrected chi connectivity index (χ4v) is 1.63. The number of hydrogen-bond donors (Lipinski definition) is 1. The van der Waals surface area contributed by atoms with Gasteiger partial charge in [0.1, 0.15) is 0 Å². The highest BCUT2D eigenvalue weighted by Crippen LogP contribution is 2.21. The van der Waals surface area contributed by atoms with Crippen LogP contribution in [0.1, 0.15) is 11.1 Å². The largest absolute Gasteiger partial charge is 0.326 e. The first-order valence-electron chi connectivity index (χ1n) is 4.97. The van der Waals surface area contributed by atoms with Crippen LogP contribution in [0.4, 0.5) is 0 Å². The molecule has 0 spiro atoms. The molecule has 2 aromatic rings. The first-order chi connectivity index (χ1) is 7.74. The van der Waals surface area contributed by atoms with Crippen molar-refractivity contribution in [3.8, 4) is 17.3 Å². The fraction of sp³-hybridized carbons (Fsp3) is 0.167. The molecule has 17 heavy (non-hydrogen) atoms. The van der Waals surface area contributed by atoms with E-state index in [9.17, 15) is 0 Å². The maximum Gasteiger partial charge on any atom is 0.0991 e. The number of halogens is 1. The van der Waals surface area contributed by atoms with E-state index in [2.05, 4.69) is 11.2 Å². The zero-order valence-corrected chi connectivity index (χ0v) is 10.2. The van der Waals surface area contributed by atoms with Crippen LogP contribution in [-0.4, -0.2) is 9.78 Å². The van der Waals surface area contributed by atoms with Gasteiger partial charge in [-0.05, 0) is 12.1 Å². The highest BCUT2D eigenvalue weighted by molar-refractivity contribution is 5.85. The number of nitrogens with zero attached hydrogens (tertiary/aromatic N) is 3. The molecule has 2 N–H and O–H groups in total. The summed E-state index contributed by atoms with van der Waals surface area (Å²) in [7, 11) is 1.87. The van der Waals surface area contributed by atoms with Crippen molar-refractivity contribution in [1.82, 2.24) is 9.78 Å². The van der Waals surface area contributed by atoms with Gasteiger partial charge in [0.25, 0.3) is 0 Å². The molecule has 0 unspecified atom stereocenters. The van der Waals surface area contributed by atoms with Gasteiger partial charge in [0.2, 0.25) is 0 Å². The minimum atomic E-state index is 0. The van der Waals surface area contributed by atoms with E-state index in [1.807, 2.05) is 25.4 Å². The number of aryl methyl sites for hydroxylation is 1. The SMILES string of the molecule is Cl.Cn1cc(CN)c(-c2ccc(C#N)cc2)n1. The van der Waals surface area contributed by atoms with E-state index in [0.29, 0.717) is 12.1 Å². The Morgan fingerprint density at radius 2 is 2.00 bits per heavy atom. The lowest BCUT2D eigenvalue weighted by molar-refractivity contribution is 0.769. The van der Waals surface area contributed by atoms with Crippen molar-refractivity contribution < 1.29 is 0 Å².